The average Bonchev–Trinajstić information content (AvgIpc) is 2.67. The van der Waals surface area contributed by atoms with E-state index in [1.807, 2.05) is 18.7 Å². The molecule has 2 rings (SSSR count). The van der Waals surface area contributed by atoms with E-state index >= 15 is 0 Å². The lowest BCUT2D eigenvalue weighted by molar-refractivity contribution is -0.139. The monoisotopic (exact) mass is 273 g/mol. The second-order valence-electron chi connectivity index (χ2n) is 4.54. The van der Waals surface area contributed by atoms with Crippen molar-refractivity contribution >= 4 is 28.8 Å². The summed E-state index contributed by atoms with van der Waals surface area (Å²) in [6, 6.07) is -0.0624. The van der Waals surface area contributed by atoms with Gasteiger partial charge in [-0.05, 0) is 20.3 Å². The zero-order valence-corrected chi connectivity index (χ0v) is 11.5. The lowest BCUT2D eigenvalue weighted by atomic mass is 9.95. The Morgan fingerprint density at radius 3 is 2.88 bits per heavy atom. The number of aromatic nitrogens is 1. The van der Waals surface area contributed by atoms with E-state index in [1.54, 1.807) is 6.20 Å². The van der Waals surface area contributed by atoms with Gasteiger partial charge in [0.25, 0.3) is 0 Å². The van der Waals surface area contributed by atoms with Crippen LogP contribution in [0.25, 0.3) is 0 Å². The number of halogens is 1. The molecule has 1 aromatic rings. The van der Waals surface area contributed by atoms with Gasteiger partial charge in [0, 0.05) is 18.5 Å². The minimum absolute atomic E-state index is 0.0580. The van der Waals surface area contributed by atoms with Gasteiger partial charge in [-0.2, -0.15) is 0 Å². The van der Waals surface area contributed by atoms with Gasteiger partial charge in [-0.1, -0.05) is 11.6 Å². The predicted molar refractivity (Wildman–Crippen MR) is 69.1 cm³/mol. The SMILES string of the molecule is CC(C)N1C(=O)CCC(N)C1c1ncc(Cl)s1. The molecule has 2 unspecified atom stereocenters. The molecule has 0 saturated carbocycles. The van der Waals surface area contributed by atoms with Crippen LogP contribution in [0.1, 0.15) is 37.7 Å². The number of amides is 1. The summed E-state index contributed by atoms with van der Waals surface area (Å²) in [5, 5.41) is 0.837. The Kier molecular flexibility index (Phi) is 3.70. The van der Waals surface area contributed by atoms with Crippen molar-refractivity contribution in [2.75, 3.05) is 0 Å². The summed E-state index contributed by atoms with van der Waals surface area (Å²) in [4.78, 5) is 18.1. The van der Waals surface area contributed by atoms with E-state index in [-0.39, 0.29) is 24.0 Å². The summed E-state index contributed by atoms with van der Waals surface area (Å²) in [5.74, 6) is 0.151. The van der Waals surface area contributed by atoms with Crippen molar-refractivity contribution in [1.29, 1.82) is 0 Å². The summed E-state index contributed by atoms with van der Waals surface area (Å²) >= 11 is 7.30. The molecule has 94 valence electrons. The van der Waals surface area contributed by atoms with Crippen LogP contribution < -0.4 is 5.73 Å². The van der Waals surface area contributed by atoms with E-state index in [0.717, 1.165) is 5.01 Å². The van der Waals surface area contributed by atoms with Crippen molar-refractivity contribution in [3.05, 3.63) is 15.5 Å². The van der Waals surface area contributed by atoms with Crippen LogP contribution in [0.15, 0.2) is 6.20 Å². The summed E-state index contributed by atoms with van der Waals surface area (Å²) in [6.45, 7) is 4.00. The van der Waals surface area contributed by atoms with Crippen LogP contribution in [-0.2, 0) is 4.79 Å². The fourth-order valence-electron chi connectivity index (χ4n) is 2.25. The van der Waals surface area contributed by atoms with E-state index in [9.17, 15) is 4.79 Å². The number of hydrogen-bond donors (Lipinski definition) is 1. The molecule has 1 amide bonds. The topological polar surface area (TPSA) is 59.2 Å². The zero-order valence-electron chi connectivity index (χ0n) is 9.89. The van der Waals surface area contributed by atoms with E-state index in [2.05, 4.69) is 4.98 Å². The molecule has 0 spiro atoms. The van der Waals surface area contributed by atoms with Gasteiger partial charge in [-0.3, -0.25) is 4.79 Å². The molecule has 2 heterocycles. The van der Waals surface area contributed by atoms with Gasteiger partial charge in [-0.15, -0.1) is 11.3 Å². The van der Waals surface area contributed by atoms with Gasteiger partial charge in [0.15, 0.2) is 0 Å². The Morgan fingerprint density at radius 1 is 1.65 bits per heavy atom. The Morgan fingerprint density at radius 2 is 2.35 bits per heavy atom. The van der Waals surface area contributed by atoms with Crippen LogP contribution in [0.4, 0.5) is 0 Å². The molecule has 1 aromatic heterocycles. The lowest BCUT2D eigenvalue weighted by Crippen LogP contribution is -2.51. The molecular formula is C11H16ClN3OS. The Balaban J connectivity index is 2.35. The summed E-state index contributed by atoms with van der Waals surface area (Å²) < 4.78 is 0.633. The fourth-order valence-corrected chi connectivity index (χ4v) is 3.36. The van der Waals surface area contributed by atoms with Crippen LogP contribution in [0, 0.1) is 0 Å². The molecule has 2 atom stereocenters. The first kappa shape index (κ1) is 12.8. The van der Waals surface area contributed by atoms with E-state index < -0.39 is 0 Å². The van der Waals surface area contributed by atoms with Crippen molar-refractivity contribution in [1.82, 2.24) is 9.88 Å². The van der Waals surface area contributed by atoms with Crippen LogP contribution in [-0.4, -0.2) is 27.9 Å². The molecule has 6 heteroatoms. The minimum atomic E-state index is -0.131. The maximum atomic E-state index is 12.0. The highest BCUT2D eigenvalue weighted by molar-refractivity contribution is 7.15. The van der Waals surface area contributed by atoms with Crippen molar-refractivity contribution < 1.29 is 4.79 Å². The number of rotatable bonds is 2. The van der Waals surface area contributed by atoms with Crippen molar-refractivity contribution in [3.63, 3.8) is 0 Å². The van der Waals surface area contributed by atoms with E-state index in [1.165, 1.54) is 11.3 Å². The molecule has 2 N–H and O–H groups in total. The highest BCUT2D eigenvalue weighted by Gasteiger charge is 2.37. The third kappa shape index (κ3) is 2.46. The van der Waals surface area contributed by atoms with Crippen molar-refractivity contribution in [2.45, 2.75) is 44.8 Å². The standard InChI is InChI=1S/C11H16ClN3OS/c1-6(2)15-9(16)4-3-7(13)10(15)11-14-5-8(12)17-11/h5-7,10H,3-4,13H2,1-2H3. The van der Waals surface area contributed by atoms with Gasteiger partial charge in [-0.25, -0.2) is 4.98 Å². The Labute approximate surface area is 110 Å². The number of carbonyl (C=O) groups excluding carboxylic acids is 1. The third-order valence-electron chi connectivity index (χ3n) is 2.99. The fraction of sp³-hybridized carbons (Fsp3) is 0.636. The number of carbonyl (C=O) groups is 1. The number of likely N-dealkylation sites (tertiary alicyclic amines) is 1. The summed E-state index contributed by atoms with van der Waals surface area (Å²) in [6.07, 6.45) is 2.85. The summed E-state index contributed by atoms with van der Waals surface area (Å²) in [5.41, 5.74) is 6.14. The van der Waals surface area contributed by atoms with Crippen LogP contribution in [0.3, 0.4) is 0 Å². The first-order chi connectivity index (χ1) is 8.00. The van der Waals surface area contributed by atoms with E-state index in [4.69, 9.17) is 17.3 Å². The molecule has 0 aromatic carbocycles. The maximum absolute atomic E-state index is 12.0. The molecule has 1 fully saturated rings. The highest BCUT2D eigenvalue weighted by atomic mass is 35.5. The van der Waals surface area contributed by atoms with Crippen LogP contribution >= 0.6 is 22.9 Å². The van der Waals surface area contributed by atoms with Crippen molar-refractivity contribution in [3.8, 4) is 0 Å². The van der Waals surface area contributed by atoms with E-state index in [0.29, 0.717) is 17.2 Å². The number of hydrogen-bond acceptors (Lipinski definition) is 4. The second kappa shape index (κ2) is 4.92. The number of nitrogens with zero attached hydrogens (tertiary/aromatic N) is 2. The maximum Gasteiger partial charge on any atom is 0.223 e. The van der Waals surface area contributed by atoms with Crippen molar-refractivity contribution in [2.24, 2.45) is 5.73 Å². The smallest absolute Gasteiger partial charge is 0.223 e. The highest BCUT2D eigenvalue weighted by Crippen LogP contribution is 2.35. The molecule has 0 aliphatic carbocycles. The van der Waals surface area contributed by atoms with Gasteiger partial charge in [0.05, 0.1) is 12.2 Å². The summed E-state index contributed by atoms with van der Waals surface area (Å²) in [7, 11) is 0. The molecule has 1 aliphatic rings. The molecule has 4 nitrogen and oxygen atoms in total. The zero-order chi connectivity index (χ0) is 12.6. The van der Waals surface area contributed by atoms with Gasteiger partial charge < -0.3 is 10.6 Å². The Hall–Kier alpha value is -0.650. The quantitative estimate of drug-likeness (QED) is 0.899. The molecule has 17 heavy (non-hydrogen) atoms. The van der Waals surface area contributed by atoms with Gasteiger partial charge in [0.1, 0.15) is 9.34 Å². The molecule has 1 saturated heterocycles. The molecule has 1 aliphatic heterocycles. The molecule has 0 bridgehead atoms. The Bertz CT molecular complexity index is 421. The predicted octanol–water partition coefficient (Wildman–Crippen LogP) is 2.20. The first-order valence-corrected chi connectivity index (χ1v) is 6.88. The van der Waals surface area contributed by atoms with Crippen LogP contribution in [0.2, 0.25) is 4.34 Å². The largest absolute Gasteiger partial charge is 0.329 e. The second-order valence-corrected chi connectivity index (χ2v) is 6.24. The van der Waals surface area contributed by atoms with Gasteiger partial charge >= 0.3 is 0 Å². The average molecular weight is 274 g/mol. The number of nitrogens with two attached hydrogens (primary N) is 1. The molecular weight excluding hydrogens is 258 g/mol. The minimum Gasteiger partial charge on any atom is -0.329 e. The number of piperidine rings is 1. The third-order valence-corrected chi connectivity index (χ3v) is 4.17. The van der Waals surface area contributed by atoms with Gasteiger partial charge in [0.2, 0.25) is 5.91 Å². The number of thiazole rings is 1. The normalized spacial score (nSPS) is 25.7. The molecule has 0 radical (unpaired) electrons. The first-order valence-electron chi connectivity index (χ1n) is 5.68. The van der Waals surface area contributed by atoms with Crippen LogP contribution in [0.5, 0.6) is 0 Å². The lowest BCUT2D eigenvalue weighted by Gasteiger charge is -2.41.